The lowest BCUT2D eigenvalue weighted by Gasteiger charge is -2.22. The quantitative estimate of drug-likeness (QED) is 0.817. The van der Waals surface area contributed by atoms with E-state index < -0.39 is 27.1 Å². The molecular weight excluding hydrogens is 345 g/mol. The van der Waals surface area contributed by atoms with Gasteiger partial charge in [-0.15, -0.1) is 0 Å². The van der Waals surface area contributed by atoms with Crippen LogP contribution in [0.4, 0.5) is 10.1 Å². The number of sulfonamides is 1. The van der Waals surface area contributed by atoms with Crippen LogP contribution in [0.2, 0.25) is 5.02 Å². The molecule has 126 valence electrons. The molecule has 1 aliphatic rings. The Balaban J connectivity index is 2.08. The fraction of sp³-hybridized carbons (Fsp3) is 0.400. The first-order chi connectivity index (χ1) is 10.8. The summed E-state index contributed by atoms with van der Waals surface area (Å²) in [6.45, 7) is 1.99. The van der Waals surface area contributed by atoms with Crippen LogP contribution in [0.15, 0.2) is 29.8 Å². The van der Waals surface area contributed by atoms with Gasteiger partial charge in [0.1, 0.15) is 5.82 Å². The number of allylic oxidation sites excluding steroid dienone is 1. The molecule has 1 atom stereocenters. The summed E-state index contributed by atoms with van der Waals surface area (Å²) in [4.78, 5) is 11.6. The topological polar surface area (TPSA) is 72.5 Å². The van der Waals surface area contributed by atoms with E-state index in [0.29, 0.717) is 18.4 Å². The van der Waals surface area contributed by atoms with Gasteiger partial charge in [0.15, 0.2) is 0 Å². The lowest BCUT2D eigenvalue weighted by atomic mass is 9.99. The molecular formula is C15H17ClFNO4S. The maximum Gasteiger partial charge on any atom is 0.333 e. The molecule has 0 saturated carbocycles. The van der Waals surface area contributed by atoms with Gasteiger partial charge in [-0.2, -0.15) is 0 Å². The number of rotatable bonds is 5. The van der Waals surface area contributed by atoms with Crippen molar-refractivity contribution in [1.29, 1.82) is 0 Å². The molecule has 0 saturated heterocycles. The number of carbonyl (C=O) groups excluding carboxylic acids is 1. The van der Waals surface area contributed by atoms with E-state index in [9.17, 15) is 17.6 Å². The molecule has 1 unspecified atom stereocenters. The number of benzene rings is 1. The van der Waals surface area contributed by atoms with E-state index in [-0.39, 0.29) is 23.7 Å². The van der Waals surface area contributed by atoms with Crippen LogP contribution < -0.4 is 4.72 Å². The first kappa shape index (κ1) is 17.7. The number of hydrogen-bond acceptors (Lipinski definition) is 4. The number of ether oxygens (including phenoxy) is 1. The molecule has 1 aromatic carbocycles. The van der Waals surface area contributed by atoms with Gasteiger partial charge in [-0.1, -0.05) is 17.7 Å². The highest BCUT2D eigenvalue weighted by molar-refractivity contribution is 7.93. The van der Waals surface area contributed by atoms with E-state index in [1.807, 2.05) is 0 Å². The van der Waals surface area contributed by atoms with Crippen LogP contribution in [-0.4, -0.2) is 26.2 Å². The molecule has 1 N–H and O–H groups in total. The Morgan fingerprint density at radius 3 is 2.78 bits per heavy atom. The molecule has 0 heterocycles. The molecule has 8 heteroatoms. The highest BCUT2D eigenvalue weighted by Crippen LogP contribution is 2.28. The molecule has 0 amide bonds. The minimum atomic E-state index is -3.69. The summed E-state index contributed by atoms with van der Waals surface area (Å²) in [6.07, 6.45) is 2.44. The van der Waals surface area contributed by atoms with Crippen molar-refractivity contribution in [2.75, 3.05) is 11.3 Å². The van der Waals surface area contributed by atoms with Gasteiger partial charge >= 0.3 is 5.97 Å². The van der Waals surface area contributed by atoms with Gasteiger partial charge < -0.3 is 4.74 Å². The van der Waals surface area contributed by atoms with Crippen molar-refractivity contribution in [3.8, 4) is 0 Å². The van der Waals surface area contributed by atoms with Crippen LogP contribution in [0.1, 0.15) is 26.2 Å². The molecule has 1 aromatic rings. The average Bonchev–Trinajstić information content (AvgIpc) is 2.50. The van der Waals surface area contributed by atoms with Crippen molar-refractivity contribution in [2.45, 2.75) is 31.4 Å². The summed E-state index contributed by atoms with van der Waals surface area (Å²) in [5, 5.41) is -0.686. The highest BCUT2D eigenvalue weighted by Gasteiger charge is 2.29. The van der Waals surface area contributed by atoms with Crippen molar-refractivity contribution in [3.05, 3.63) is 40.7 Å². The minimum absolute atomic E-state index is 0.00728. The van der Waals surface area contributed by atoms with Crippen molar-refractivity contribution in [3.63, 3.8) is 0 Å². The second-order valence-corrected chi connectivity index (χ2v) is 7.49. The smallest absolute Gasteiger partial charge is 0.333 e. The predicted molar refractivity (Wildman–Crippen MR) is 86.3 cm³/mol. The third-order valence-electron chi connectivity index (χ3n) is 3.52. The molecule has 0 aromatic heterocycles. The van der Waals surface area contributed by atoms with Crippen LogP contribution in [0.3, 0.4) is 0 Å². The maximum absolute atomic E-state index is 13.0. The van der Waals surface area contributed by atoms with Crippen LogP contribution in [0, 0.1) is 5.82 Å². The lowest BCUT2D eigenvalue weighted by Crippen LogP contribution is -2.30. The van der Waals surface area contributed by atoms with Crippen molar-refractivity contribution in [1.82, 2.24) is 0 Å². The van der Waals surface area contributed by atoms with Crippen molar-refractivity contribution >= 4 is 33.3 Å². The van der Waals surface area contributed by atoms with E-state index in [1.54, 1.807) is 13.0 Å². The van der Waals surface area contributed by atoms with Gasteiger partial charge in [-0.05, 0) is 44.4 Å². The monoisotopic (exact) mass is 361 g/mol. The molecule has 0 fully saturated rings. The van der Waals surface area contributed by atoms with Crippen LogP contribution in [0.5, 0.6) is 0 Å². The van der Waals surface area contributed by atoms with Gasteiger partial charge in [-0.25, -0.2) is 17.6 Å². The molecule has 23 heavy (non-hydrogen) atoms. The zero-order valence-corrected chi connectivity index (χ0v) is 14.1. The molecule has 0 spiro atoms. The van der Waals surface area contributed by atoms with Crippen LogP contribution in [0.25, 0.3) is 0 Å². The highest BCUT2D eigenvalue weighted by atomic mass is 35.5. The van der Waals surface area contributed by atoms with E-state index in [4.69, 9.17) is 16.3 Å². The third-order valence-corrected chi connectivity index (χ3v) is 5.65. The Bertz CT molecular complexity index is 733. The summed E-state index contributed by atoms with van der Waals surface area (Å²) in [5.74, 6) is -0.949. The fourth-order valence-electron chi connectivity index (χ4n) is 2.31. The predicted octanol–water partition coefficient (Wildman–Crippen LogP) is 3.26. The van der Waals surface area contributed by atoms with Gasteiger partial charge in [0.25, 0.3) is 0 Å². The first-order valence-electron chi connectivity index (χ1n) is 7.16. The van der Waals surface area contributed by atoms with Crippen LogP contribution in [-0.2, 0) is 19.6 Å². The minimum Gasteiger partial charge on any atom is -0.463 e. The van der Waals surface area contributed by atoms with Crippen molar-refractivity contribution in [2.24, 2.45) is 0 Å². The summed E-state index contributed by atoms with van der Waals surface area (Å²) < 4.78 is 45.1. The average molecular weight is 362 g/mol. The molecule has 5 nitrogen and oxygen atoms in total. The SMILES string of the molecule is CCOC(=O)C1=CCC(S(=O)(=O)Nc2ccc(F)cc2Cl)CC1. The van der Waals surface area contributed by atoms with Gasteiger partial charge in [0.05, 0.1) is 22.6 Å². The maximum atomic E-state index is 13.0. The van der Waals surface area contributed by atoms with Gasteiger partial charge in [0.2, 0.25) is 10.0 Å². The number of hydrogen-bond donors (Lipinski definition) is 1. The molecule has 2 rings (SSSR count). The van der Waals surface area contributed by atoms with Gasteiger partial charge in [0, 0.05) is 5.57 Å². The molecule has 0 aliphatic heterocycles. The Labute approximate surface area is 139 Å². The Morgan fingerprint density at radius 2 is 2.22 bits per heavy atom. The zero-order chi connectivity index (χ0) is 17.0. The second kappa shape index (κ2) is 7.31. The van der Waals surface area contributed by atoms with E-state index >= 15 is 0 Å². The lowest BCUT2D eigenvalue weighted by molar-refractivity contribution is -0.138. The molecule has 0 radical (unpaired) electrons. The standard InChI is InChI=1S/C15H17ClFNO4S/c1-2-22-15(19)10-3-6-12(7-4-10)23(20,21)18-14-8-5-11(17)9-13(14)16/h3,5,8-9,12,18H,2,4,6-7H2,1H3. The summed E-state index contributed by atoms with van der Waals surface area (Å²) >= 11 is 5.83. The van der Waals surface area contributed by atoms with Crippen molar-refractivity contribution < 1.29 is 22.3 Å². The van der Waals surface area contributed by atoms with Crippen LogP contribution >= 0.6 is 11.6 Å². The zero-order valence-electron chi connectivity index (χ0n) is 12.5. The summed E-state index contributed by atoms with van der Waals surface area (Å²) in [6, 6.07) is 3.44. The number of esters is 1. The fourth-order valence-corrected chi connectivity index (χ4v) is 4.01. The summed E-state index contributed by atoms with van der Waals surface area (Å²) in [7, 11) is -3.69. The third kappa shape index (κ3) is 4.45. The Kier molecular flexibility index (Phi) is 5.64. The number of carbonyl (C=O) groups is 1. The summed E-state index contributed by atoms with van der Waals surface area (Å²) in [5.41, 5.74) is 0.631. The normalized spacial score (nSPS) is 18.2. The number of nitrogens with one attached hydrogen (secondary N) is 1. The first-order valence-corrected chi connectivity index (χ1v) is 9.08. The number of anilines is 1. The second-order valence-electron chi connectivity index (χ2n) is 5.12. The number of halogens is 2. The van der Waals surface area contributed by atoms with Gasteiger partial charge in [-0.3, -0.25) is 4.72 Å². The van der Waals surface area contributed by atoms with E-state index in [2.05, 4.69) is 4.72 Å². The Morgan fingerprint density at radius 1 is 1.48 bits per heavy atom. The van der Waals surface area contributed by atoms with E-state index in [1.165, 1.54) is 6.07 Å². The van der Waals surface area contributed by atoms with E-state index in [0.717, 1.165) is 12.1 Å². The Hall–Kier alpha value is -1.60. The molecule has 0 bridgehead atoms. The molecule has 1 aliphatic carbocycles. The largest absolute Gasteiger partial charge is 0.463 e.